The van der Waals surface area contributed by atoms with E-state index < -0.39 is 0 Å². The third kappa shape index (κ3) is 3.51. The molecule has 0 saturated heterocycles. The molecule has 0 fully saturated rings. The minimum atomic E-state index is 0.658. The average molecular weight is 283 g/mol. The molecule has 0 amide bonds. The van der Waals surface area contributed by atoms with Crippen molar-refractivity contribution >= 4 is 23.6 Å². The van der Waals surface area contributed by atoms with Gasteiger partial charge < -0.3 is 9.30 Å². The number of hydrogen-bond donors (Lipinski definition) is 1. The summed E-state index contributed by atoms with van der Waals surface area (Å²) in [6.45, 7) is 1.42. The van der Waals surface area contributed by atoms with Gasteiger partial charge in [-0.1, -0.05) is 6.07 Å². The number of aromatic nitrogens is 3. The van der Waals surface area contributed by atoms with E-state index in [0.29, 0.717) is 11.4 Å². The van der Waals surface area contributed by atoms with E-state index in [-0.39, 0.29) is 0 Å². The van der Waals surface area contributed by atoms with Crippen LogP contribution in [-0.2, 0) is 24.1 Å². The summed E-state index contributed by atoms with van der Waals surface area (Å²) in [5.74, 6) is 1.02. The molecule has 2 rings (SSSR count). The zero-order valence-corrected chi connectivity index (χ0v) is 12.0. The van der Waals surface area contributed by atoms with Gasteiger partial charge >= 0.3 is 0 Å². The van der Waals surface area contributed by atoms with Gasteiger partial charge in [0.25, 0.3) is 0 Å². The maximum atomic E-state index is 5.21. The molecule has 0 atom stereocenters. The van der Waals surface area contributed by atoms with Crippen LogP contribution in [0.4, 0.5) is 0 Å². The number of methoxy groups -OCH3 is 1. The Morgan fingerprint density at radius 2 is 2.39 bits per heavy atom. The largest absolute Gasteiger partial charge is 0.383 e. The van der Waals surface area contributed by atoms with E-state index in [1.54, 1.807) is 18.4 Å². The predicted molar refractivity (Wildman–Crippen MR) is 75.6 cm³/mol. The van der Waals surface area contributed by atoms with E-state index in [4.69, 9.17) is 17.0 Å². The Morgan fingerprint density at radius 1 is 1.50 bits per heavy atom. The Balaban J connectivity index is 1.90. The smallest absolute Gasteiger partial charge is 0.195 e. The topological polar surface area (TPSA) is 42.8 Å². The first-order chi connectivity index (χ1) is 8.81. The summed E-state index contributed by atoms with van der Waals surface area (Å²) in [4.78, 5) is 1.42. The fourth-order valence-corrected chi connectivity index (χ4v) is 2.82. The fraction of sp³-hybridized carbons (Fsp3) is 0.500. The van der Waals surface area contributed by atoms with E-state index in [9.17, 15) is 0 Å². The van der Waals surface area contributed by atoms with Crippen LogP contribution in [0, 0.1) is 4.77 Å². The van der Waals surface area contributed by atoms with E-state index in [0.717, 1.165) is 31.6 Å². The molecule has 0 spiro atoms. The lowest BCUT2D eigenvalue weighted by Crippen LogP contribution is -2.09. The van der Waals surface area contributed by atoms with E-state index in [1.807, 2.05) is 4.57 Å². The Morgan fingerprint density at radius 3 is 3.11 bits per heavy atom. The van der Waals surface area contributed by atoms with Gasteiger partial charge in [0.1, 0.15) is 5.82 Å². The molecule has 0 radical (unpaired) electrons. The predicted octanol–water partition coefficient (Wildman–Crippen LogP) is 2.82. The first kappa shape index (κ1) is 13.5. The van der Waals surface area contributed by atoms with E-state index >= 15 is 0 Å². The quantitative estimate of drug-likeness (QED) is 0.795. The van der Waals surface area contributed by atoms with Gasteiger partial charge in [0, 0.05) is 25.0 Å². The van der Waals surface area contributed by atoms with Gasteiger partial charge in [0.05, 0.1) is 6.61 Å². The number of hydrogen-bond acceptors (Lipinski definition) is 4. The molecule has 0 aromatic carbocycles. The molecule has 0 bridgehead atoms. The lowest BCUT2D eigenvalue weighted by molar-refractivity contribution is 0.186. The SMILES string of the molecule is COCCn1c(CCCc2cccs2)n[nH]c1=S. The molecule has 0 aliphatic rings. The second kappa shape index (κ2) is 6.82. The number of aryl methyl sites for hydroxylation is 2. The second-order valence-corrected chi connectivity index (χ2v) is 5.44. The highest BCUT2D eigenvalue weighted by Gasteiger charge is 2.06. The molecule has 6 heteroatoms. The molecule has 98 valence electrons. The van der Waals surface area contributed by atoms with Crippen molar-refractivity contribution in [2.24, 2.45) is 0 Å². The average Bonchev–Trinajstić information content (AvgIpc) is 2.98. The number of aromatic amines is 1. The Bertz CT molecular complexity index is 516. The summed E-state index contributed by atoms with van der Waals surface area (Å²) in [7, 11) is 1.69. The molecule has 0 aliphatic heterocycles. The molecule has 18 heavy (non-hydrogen) atoms. The lowest BCUT2D eigenvalue weighted by Gasteiger charge is -2.05. The van der Waals surface area contributed by atoms with Crippen LogP contribution in [0.25, 0.3) is 0 Å². The zero-order chi connectivity index (χ0) is 12.8. The standard InChI is InChI=1S/C12H17N3OS2/c1-16-8-7-15-11(13-14-12(15)17)6-2-4-10-5-3-9-18-10/h3,5,9H,2,4,6-8H2,1H3,(H,14,17). The van der Waals surface area contributed by atoms with Crippen molar-refractivity contribution in [3.8, 4) is 0 Å². The number of rotatable bonds is 7. The van der Waals surface area contributed by atoms with Crippen LogP contribution in [0.2, 0.25) is 0 Å². The summed E-state index contributed by atoms with van der Waals surface area (Å²) in [5, 5.41) is 9.25. The van der Waals surface area contributed by atoms with Gasteiger partial charge in [-0.25, -0.2) is 0 Å². The Hall–Kier alpha value is -0.980. The molecule has 2 aromatic heterocycles. The minimum Gasteiger partial charge on any atom is -0.383 e. The minimum absolute atomic E-state index is 0.658. The highest BCUT2D eigenvalue weighted by molar-refractivity contribution is 7.71. The number of nitrogens with one attached hydrogen (secondary N) is 1. The third-order valence-corrected chi connectivity index (χ3v) is 4.01. The number of H-pyrrole nitrogens is 1. The van der Waals surface area contributed by atoms with E-state index in [1.165, 1.54) is 4.88 Å². The highest BCUT2D eigenvalue weighted by Crippen LogP contribution is 2.12. The van der Waals surface area contributed by atoms with Crippen LogP contribution in [0.5, 0.6) is 0 Å². The van der Waals surface area contributed by atoms with Crippen molar-refractivity contribution in [2.45, 2.75) is 25.8 Å². The molecule has 0 saturated carbocycles. The molecular weight excluding hydrogens is 266 g/mol. The number of nitrogens with zero attached hydrogens (tertiary/aromatic N) is 2. The summed E-state index contributed by atoms with van der Waals surface area (Å²) >= 11 is 7.01. The van der Waals surface area contributed by atoms with Gasteiger partial charge in [-0.3, -0.25) is 5.10 Å². The van der Waals surface area contributed by atoms with Crippen molar-refractivity contribution in [1.82, 2.24) is 14.8 Å². The first-order valence-corrected chi connectivity index (χ1v) is 7.25. The summed E-state index contributed by atoms with van der Waals surface area (Å²) in [6, 6.07) is 4.27. The van der Waals surface area contributed by atoms with Crippen molar-refractivity contribution in [1.29, 1.82) is 0 Å². The van der Waals surface area contributed by atoms with Crippen LogP contribution >= 0.6 is 23.6 Å². The van der Waals surface area contributed by atoms with Crippen LogP contribution in [0.15, 0.2) is 17.5 Å². The van der Waals surface area contributed by atoms with Crippen LogP contribution in [0.1, 0.15) is 17.1 Å². The molecule has 2 heterocycles. The summed E-state index contributed by atoms with van der Waals surface area (Å²) < 4.78 is 7.78. The van der Waals surface area contributed by atoms with Crippen molar-refractivity contribution in [3.05, 3.63) is 33.0 Å². The highest BCUT2D eigenvalue weighted by atomic mass is 32.1. The van der Waals surface area contributed by atoms with Crippen LogP contribution in [-0.4, -0.2) is 28.5 Å². The van der Waals surface area contributed by atoms with Crippen molar-refractivity contribution in [3.63, 3.8) is 0 Å². The van der Waals surface area contributed by atoms with Crippen molar-refractivity contribution < 1.29 is 4.74 Å². The molecule has 4 nitrogen and oxygen atoms in total. The second-order valence-electron chi connectivity index (χ2n) is 4.02. The fourth-order valence-electron chi connectivity index (χ4n) is 1.83. The Kier molecular flexibility index (Phi) is 5.10. The van der Waals surface area contributed by atoms with Gasteiger partial charge in [0.15, 0.2) is 4.77 Å². The zero-order valence-electron chi connectivity index (χ0n) is 10.4. The molecule has 0 unspecified atom stereocenters. The molecule has 0 aliphatic carbocycles. The van der Waals surface area contributed by atoms with Crippen LogP contribution < -0.4 is 0 Å². The Labute approximate surface area is 116 Å². The van der Waals surface area contributed by atoms with Gasteiger partial charge in [0.2, 0.25) is 0 Å². The molecule has 1 N–H and O–H groups in total. The first-order valence-electron chi connectivity index (χ1n) is 5.96. The van der Waals surface area contributed by atoms with Gasteiger partial charge in [-0.2, -0.15) is 5.10 Å². The molecule has 2 aromatic rings. The van der Waals surface area contributed by atoms with E-state index in [2.05, 4.69) is 27.7 Å². The van der Waals surface area contributed by atoms with Crippen molar-refractivity contribution in [2.75, 3.05) is 13.7 Å². The number of ether oxygens (including phenoxy) is 1. The van der Waals surface area contributed by atoms with Gasteiger partial charge in [-0.05, 0) is 36.5 Å². The monoisotopic (exact) mass is 283 g/mol. The maximum Gasteiger partial charge on any atom is 0.195 e. The lowest BCUT2D eigenvalue weighted by atomic mass is 10.2. The van der Waals surface area contributed by atoms with Gasteiger partial charge in [-0.15, -0.1) is 11.3 Å². The number of thiophene rings is 1. The normalized spacial score (nSPS) is 10.9. The maximum absolute atomic E-state index is 5.21. The third-order valence-electron chi connectivity index (χ3n) is 2.76. The van der Waals surface area contributed by atoms with Crippen LogP contribution in [0.3, 0.4) is 0 Å². The molecular formula is C12H17N3OS2. The summed E-state index contributed by atoms with van der Waals surface area (Å²) in [6.07, 6.45) is 3.13. The summed E-state index contributed by atoms with van der Waals surface area (Å²) in [5.41, 5.74) is 0.